The first-order valence-corrected chi connectivity index (χ1v) is 9.60. The zero-order valence-electron chi connectivity index (χ0n) is 15.6. The van der Waals surface area contributed by atoms with Gasteiger partial charge in [0.25, 0.3) is 11.6 Å². The van der Waals surface area contributed by atoms with Gasteiger partial charge < -0.3 is 19.7 Å². The summed E-state index contributed by atoms with van der Waals surface area (Å²) < 4.78 is 10.8. The average Bonchev–Trinajstić information content (AvgIpc) is 2.67. The Kier molecular flexibility index (Phi) is 6.79. The second kappa shape index (κ2) is 9.30. The molecule has 1 heterocycles. The number of amides is 1. The van der Waals surface area contributed by atoms with E-state index in [1.165, 1.54) is 12.1 Å². The van der Waals surface area contributed by atoms with Gasteiger partial charge in [0.2, 0.25) is 0 Å². The van der Waals surface area contributed by atoms with Gasteiger partial charge in [-0.3, -0.25) is 14.9 Å². The molecule has 0 radical (unpaired) electrons. The van der Waals surface area contributed by atoms with E-state index in [9.17, 15) is 14.9 Å². The summed E-state index contributed by atoms with van der Waals surface area (Å²) in [6, 6.07) is 7.78. The fourth-order valence-corrected chi connectivity index (χ4v) is 3.68. The van der Waals surface area contributed by atoms with Gasteiger partial charge in [-0.15, -0.1) is 0 Å². The minimum absolute atomic E-state index is 0.0813. The van der Waals surface area contributed by atoms with Crippen LogP contribution in [0, 0.1) is 17.0 Å². The number of morpholine rings is 1. The Morgan fingerprint density at radius 3 is 2.66 bits per heavy atom. The number of hydrogen-bond acceptors (Lipinski definition) is 6. The van der Waals surface area contributed by atoms with E-state index in [0.29, 0.717) is 59.0 Å². The van der Waals surface area contributed by atoms with E-state index >= 15 is 0 Å². The molecule has 0 aromatic heterocycles. The minimum atomic E-state index is -0.469. The van der Waals surface area contributed by atoms with Crippen molar-refractivity contribution in [2.24, 2.45) is 0 Å². The lowest BCUT2D eigenvalue weighted by molar-refractivity contribution is -0.384. The Bertz CT molecular complexity index is 909. The first-order valence-electron chi connectivity index (χ1n) is 8.84. The Morgan fingerprint density at radius 1 is 1.28 bits per heavy atom. The first-order chi connectivity index (χ1) is 13.8. The number of carbonyl (C=O) groups excluding carboxylic acids is 1. The van der Waals surface area contributed by atoms with Crippen molar-refractivity contribution >= 4 is 46.2 Å². The fraction of sp³-hybridized carbons (Fsp3) is 0.316. The molecule has 29 heavy (non-hydrogen) atoms. The van der Waals surface area contributed by atoms with Crippen LogP contribution < -0.4 is 15.0 Å². The molecule has 1 fully saturated rings. The lowest BCUT2D eigenvalue weighted by atomic mass is 10.2. The molecule has 0 atom stereocenters. The van der Waals surface area contributed by atoms with E-state index in [2.05, 4.69) is 5.32 Å². The Morgan fingerprint density at radius 2 is 2.00 bits per heavy atom. The number of aryl methyl sites for hydroxylation is 1. The van der Waals surface area contributed by atoms with Crippen LogP contribution in [0.1, 0.15) is 5.56 Å². The second-order valence-electron chi connectivity index (χ2n) is 6.43. The third kappa shape index (κ3) is 5.29. The molecule has 0 spiro atoms. The molecule has 1 saturated heterocycles. The highest BCUT2D eigenvalue weighted by molar-refractivity contribution is 6.35. The van der Waals surface area contributed by atoms with Crippen molar-refractivity contribution in [1.29, 1.82) is 0 Å². The SMILES string of the molecule is Cc1cc(Cl)cc(Cl)c1OCC(=O)Nc1ccc(N2CCOCC2)c([N+](=O)[O-])c1. The number of nitro benzene ring substituents is 1. The second-order valence-corrected chi connectivity index (χ2v) is 7.27. The zero-order valence-corrected chi connectivity index (χ0v) is 17.1. The number of carbonyl (C=O) groups is 1. The van der Waals surface area contributed by atoms with Gasteiger partial charge in [0.1, 0.15) is 11.4 Å². The summed E-state index contributed by atoms with van der Waals surface area (Å²) in [5, 5.41) is 14.9. The molecule has 2 aromatic carbocycles. The van der Waals surface area contributed by atoms with Crippen molar-refractivity contribution in [3.05, 3.63) is 56.1 Å². The maximum atomic E-state index is 12.2. The number of nitrogens with one attached hydrogen (secondary N) is 1. The summed E-state index contributed by atoms with van der Waals surface area (Å²) in [6.07, 6.45) is 0. The molecular formula is C19H19Cl2N3O5. The van der Waals surface area contributed by atoms with Gasteiger partial charge >= 0.3 is 0 Å². The minimum Gasteiger partial charge on any atom is -0.482 e. The van der Waals surface area contributed by atoms with Crippen molar-refractivity contribution in [3.63, 3.8) is 0 Å². The van der Waals surface area contributed by atoms with Gasteiger partial charge in [-0.25, -0.2) is 0 Å². The van der Waals surface area contributed by atoms with Gasteiger partial charge in [-0.1, -0.05) is 23.2 Å². The summed E-state index contributed by atoms with van der Waals surface area (Å²) in [5.41, 5.74) is 1.42. The topological polar surface area (TPSA) is 93.9 Å². The van der Waals surface area contributed by atoms with Gasteiger partial charge in [-0.2, -0.15) is 0 Å². The molecule has 0 aliphatic carbocycles. The molecule has 3 rings (SSSR count). The van der Waals surface area contributed by atoms with Crippen LogP contribution in [0.4, 0.5) is 17.1 Å². The van der Waals surface area contributed by atoms with Crippen LogP contribution in [0.5, 0.6) is 5.75 Å². The quantitative estimate of drug-likeness (QED) is 0.538. The Hall–Kier alpha value is -2.55. The smallest absolute Gasteiger partial charge is 0.294 e. The fourth-order valence-electron chi connectivity index (χ4n) is 3.03. The molecule has 0 unspecified atom stereocenters. The van der Waals surface area contributed by atoms with Crippen LogP contribution in [0.15, 0.2) is 30.3 Å². The van der Waals surface area contributed by atoms with E-state index in [0.717, 1.165) is 0 Å². The lowest BCUT2D eigenvalue weighted by Gasteiger charge is -2.28. The molecule has 10 heteroatoms. The lowest BCUT2D eigenvalue weighted by Crippen LogP contribution is -2.36. The first kappa shape index (κ1) is 21.2. The number of nitrogens with zero attached hydrogens (tertiary/aromatic N) is 2. The van der Waals surface area contributed by atoms with E-state index in [4.69, 9.17) is 32.7 Å². The molecular weight excluding hydrogens is 421 g/mol. The molecule has 1 aliphatic rings. The van der Waals surface area contributed by atoms with Crippen molar-refractivity contribution in [2.45, 2.75) is 6.92 Å². The molecule has 2 aromatic rings. The predicted octanol–water partition coefficient (Wildman–Crippen LogP) is 4.06. The summed E-state index contributed by atoms with van der Waals surface area (Å²) in [6.45, 7) is 3.63. The normalized spacial score (nSPS) is 13.8. The molecule has 0 saturated carbocycles. The summed E-state index contributed by atoms with van der Waals surface area (Å²) in [5.74, 6) is -0.108. The summed E-state index contributed by atoms with van der Waals surface area (Å²) in [4.78, 5) is 25.2. The Labute approximate surface area is 177 Å². The third-order valence-electron chi connectivity index (χ3n) is 4.35. The molecule has 0 bridgehead atoms. The number of nitro groups is 1. The van der Waals surface area contributed by atoms with Gasteiger partial charge in [0.15, 0.2) is 6.61 Å². The summed E-state index contributed by atoms with van der Waals surface area (Å²) in [7, 11) is 0. The number of benzene rings is 2. The van der Waals surface area contributed by atoms with E-state index in [-0.39, 0.29) is 12.3 Å². The summed E-state index contributed by atoms with van der Waals surface area (Å²) >= 11 is 12.0. The molecule has 1 amide bonds. The van der Waals surface area contributed by atoms with Crippen LogP contribution in [0.25, 0.3) is 0 Å². The van der Waals surface area contributed by atoms with Crippen LogP contribution in [0.2, 0.25) is 10.0 Å². The van der Waals surface area contributed by atoms with Crippen molar-refractivity contribution < 1.29 is 19.2 Å². The molecule has 8 nitrogen and oxygen atoms in total. The monoisotopic (exact) mass is 439 g/mol. The van der Waals surface area contributed by atoms with Gasteiger partial charge in [-0.05, 0) is 36.8 Å². The number of hydrogen-bond donors (Lipinski definition) is 1. The van der Waals surface area contributed by atoms with Crippen LogP contribution >= 0.6 is 23.2 Å². The van der Waals surface area contributed by atoms with E-state index < -0.39 is 10.8 Å². The Balaban J connectivity index is 1.69. The van der Waals surface area contributed by atoms with Gasteiger partial charge in [0, 0.05) is 29.9 Å². The van der Waals surface area contributed by atoms with Crippen LogP contribution in [0.3, 0.4) is 0 Å². The number of rotatable bonds is 6. The third-order valence-corrected chi connectivity index (χ3v) is 4.85. The molecule has 1 N–H and O–H groups in total. The molecule has 1 aliphatic heterocycles. The predicted molar refractivity (Wildman–Crippen MR) is 111 cm³/mol. The van der Waals surface area contributed by atoms with Crippen molar-refractivity contribution in [1.82, 2.24) is 0 Å². The van der Waals surface area contributed by atoms with E-state index in [1.54, 1.807) is 25.1 Å². The van der Waals surface area contributed by atoms with Crippen molar-refractivity contribution in [3.8, 4) is 5.75 Å². The maximum Gasteiger partial charge on any atom is 0.294 e. The van der Waals surface area contributed by atoms with Crippen LogP contribution in [-0.2, 0) is 9.53 Å². The van der Waals surface area contributed by atoms with Gasteiger partial charge in [0.05, 0.1) is 23.2 Å². The molecule has 154 valence electrons. The average molecular weight is 440 g/mol. The number of anilines is 2. The van der Waals surface area contributed by atoms with E-state index in [1.807, 2.05) is 4.90 Å². The number of halogens is 2. The van der Waals surface area contributed by atoms with Crippen molar-refractivity contribution in [2.75, 3.05) is 43.1 Å². The standard InChI is InChI=1S/C19H19Cl2N3O5/c1-12-8-13(20)9-15(21)19(12)29-11-18(25)22-14-2-3-16(17(10-14)24(26)27)23-4-6-28-7-5-23/h2-3,8-10H,4-7,11H2,1H3,(H,22,25). The highest BCUT2D eigenvalue weighted by atomic mass is 35.5. The highest BCUT2D eigenvalue weighted by Gasteiger charge is 2.22. The number of ether oxygens (including phenoxy) is 2. The highest BCUT2D eigenvalue weighted by Crippen LogP contribution is 2.33. The van der Waals surface area contributed by atoms with Crippen LogP contribution in [-0.4, -0.2) is 43.7 Å². The maximum absolute atomic E-state index is 12.2. The largest absolute Gasteiger partial charge is 0.482 e. The zero-order chi connectivity index (χ0) is 21.0.